The molecule has 103 heavy (non-hydrogen) atoms. The number of hydrogen-bond acceptors (Lipinski definition) is 14. The summed E-state index contributed by atoms with van der Waals surface area (Å²) in [6.45, 7) is 2.41. The summed E-state index contributed by atoms with van der Waals surface area (Å²) in [4.78, 5) is 58.5. The van der Waals surface area contributed by atoms with Gasteiger partial charge in [0.05, 0.1) is 26.4 Å². The van der Waals surface area contributed by atoms with Crippen LogP contribution in [0.4, 0.5) is 0 Å². The van der Waals surface area contributed by atoms with Gasteiger partial charge in [-0.15, -0.1) is 0 Å². The Morgan fingerprint density at radius 1 is 0.282 bits per heavy atom. The second-order valence-electron chi connectivity index (χ2n) is 26.8. The van der Waals surface area contributed by atoms with Crippen LogP contribution in [0.5, 0.6) is 0 Å². The van der Waals surface area contributed by atoms with Crippen LogP contribution in [0.2, 0.25) is 0 Å². The molecular formula is C85H146O16P2. The van der Waals surface area contributed by atoms with Crippen molar-refractivity contribution in [2.75, 3.05) is 39.6 Å². The molecule has 0 aliphatic heterocycles. The molecule has 4 N–H and O–H groups in total. The van der Waals surface area contributed by atoms with Gasteiger partial charge >= 0.3 is 33.6 Å². The first-order valence-corrected chi connectivity index (χ1v) is 43.5. The molecule has 0 heterocycles. The Kier molecular flexibility index (Phi) is 74.1. The Labute approximate surface area is 626 Å². The number of aliphatic hydroxyl groups excluding tert-OH is 2. The van der Waals surface area contributed by atoms with Gasteiger partial charge in [0.1, 0.15) is 25.4 Å². The molecule has 0 aromatic heterocycles. The van der Waals surface area contributed by atoms with Gasteiger partial charge in [0.25, 0.3) is 0 Å². The lowest BCUT2D eigenvalue weighted by Crippen LogP contribution is -2.30. The Morgan fingerprint density at radius 3 is 0.835 bits per heavy atom. The van der Waals surface area contributed by atoms with E-state index in [0.717, 1.165) is 128 Å². The van der Waals surface area contributed by atoms with Gasteiger partial charge in [0, 0.05) is 19.3 Å². The van der Waals surface area contributed by atoms with Crippen LogP contribution in [0, 0.1) is 0 Å². The van der Waals surface area contributed by atoms with Crippen molar-refractivity contribution < 1.29 is 75.8 Å². The van der Waals surface area contributed by atoms with Gasteiger partial charge in [0.15, 0.2) is 6.10 Å². The molecule has 0 saturated carbocycles. The van der Waals surface area contributed by atoms with Crippen LogP contribution < -0.4 is 0 Å². The molecule has 0 amide bonds. The third-order valence-corrected chi connectivity index (χ3v) is 18.8. The molecule has 18 heteroatoms. The molecule has 0 aromatic rings. The zero-order valence-corrected chi connectivity index (χ0v) is 66.5. The van der Waals surface area contributed by atoms with Gasteiger partial charge in [-0.05, 0) is 116 Å². The van der Waals surface area contributed by atoms with E-state index in [1.165, 1.54) is 141 Å². The van der Waals surface area contributed by atoms with Crippen LogP contribution in [0.25, 0.3) is 0 Å². The molecule has 0 fully saturated rings. The molecule has 0 radical (unpaired) electrons. The van der Waals surface area contributed by atoms with E-state index in [9.17, 15) is 43.5 Å². The van der Waals surface area contributed by atoms with Gasteiger partial charge in [-0.2, -0.15) is 0 Å². The minimum absolute atomic E-state index is 0.0952. The highest BCUT2D eigenvalue weighted by atomic mass is 31.2. The third-order valence-electron chi connectivity index (χ3n) is 16.9. The van der Waals surface area contributed by atoms with Crippen molar-refractivity contribution in [1.82, 2.24) is 0 Å². The maximum atomic E-state index is 12.9. The summed E-state index contributed by atoms with van der Waals surface area (Å²) >= 11 is 0. The zero-order chi connectivity index (χ0) is 75.2. The SMILES string of the molecule is CC/C=C\C/C=C\C/C=C\C/C=C\C/C=C\C/C=C\CCCCC(=O)OCC(COP(=O)(O)OCC(O)COP(=O)(O)OCC(O)COC(=O)CCCCCCCCCCCCCCCCCCCCC/C=C\C/C=C\C/C=C\C/C=C\C/C=C\CC)OC(=O)CCCCCCCCCCCCC. The average Bonchev–Trinajstić information content (AvgIpc) is 0.911. The lowest BCUT2D eigenvalue weighted by atomic mass is 10.0. The number of esters is 3. The lowest BCUT2D eigenvalue weighted by molar-refractivity contribution is -0.161. The molecule has 0 rings (SSSR count). The highest BCUT2D eigenvalue weighted by Crippen LogP contribution is 2.45. The van der Waals surface area contributed by atoms with E-state index < -0.39 is 91.5 Å². The van der Waals surface area contributed by atoms with Crippen LogP contribution in [0.15, 0.2) is 134 Å². The molecule has 0 bridgehead atoms. The number of allylic oxidation sites excluding steroid dienone is 22. The average molecular weight is 1490 g/mol. The number of hydrogen-bond donors (Lipinski definition) is 4. The van der Waals surface area contributed by atoms with Crippen molar-refractivity contribution in [2.45, 2.75) is 347 Å². The topological polar surface area (TPSA) is 231 Å². The van der Waals surface area contributed by atoms with Crippen molar-refractivity contribution in [3.63, 3.8) is 0 Å². The summed E-state index contributed by atoms with van der Waals surface area (Å²) in [7, 11) is -9.79. The number of phosphoric ester groups is 2. The summed E-state index contributed by atoms with van der Waals surface area (Å²) in [5.74, 6) is -1.62. The summed E-state index contributed by atoms with van der Waals surface area (Å²) in [5.41, 5.74) is 0. The minimum atomic E-state index is -4.93. The molecule has 16 nitrogen and oxygen atoms in total. The van der Waals surface area contributed by atoms with Crippen LogP contribution in [-0.4, -0.2) is 95.9 Å². The smallest absolute Gasteiger partial charge is 0.463 e. The van der Waals surface area contributed by atoms with E-state index in [1.54, 1.807) is 0 Å². The monoisotopic (exact) mass is 1490 g/mol. The van der Waals surface area contributed by atoms with Crippen molar-refractivity contribution in [2.24, 2.45) is 0 Å². The fraction of sp³-hybridized carbons (Fsp3) is 0.706. The van der Waals surface area contributed by atoms with Gasteiger partial charge in [-0.1, -0.05) is 328 Å². The second kappa shape index (κ2) is 77.3. The standard InChI is InChI=1S/C85H146O16P2/c1-4-7-10-13-16-19-22-24-26-28-30-32-33-34-35-36-37-38-39-40-41-42-43-44-45-47-49-50-52-54-57-59-62-65-68-71-83(88)95-74-80(86)75-97-102(91,92)98-76-81(87)77-99-103(93,94)100-79-82(101-85(90)73-70-67-64-61-56-21-18-15-12-9-6-3)78-96-84(89)72-69-66-63-60-58-55-53-51-48-46-31-29-27-25-23-20-17-14-11-8-5-2/h7-8,10-11,16-17,19-20,24-27,30-32,34-35,46,51,53,58,60,80-82,86-87H,4-6,9,12-15,18,21-23,28-29,33,36-45,47-50,52,54-57,59,61-79H2,1-3H3,(H,91,92)(H,93,94)/b10-7-,11-8-,19-16-,20-17-,26-24-,27-25-,32-30-,35-34-,46-31-,53-51-,60-58-. The van der Waals surface area contributed by atoms with Crippen LogP contribution >= 0.6 is 15.6 Å². The number of phosphoric acid groups is 2. The number of carbonyl (C=O) groups excluding carboxylic acids is 3. The summed E-state index contributed by atoms with van der Waals surface area (Å²) in [6, 6.07) is 0. The first-order chi connectivity index (χ1) is 50.2. The van der Waals surface area contributed by atoms with Crippen LogP contribution in [-0.2, 0) is 55.8 Å². The lowest BCUT2D eigenvalue weighted by Gasteiger charge is -2.21. The molecular weight excluding hydrogens is 1340 g/mol. The first kappa shape index (κ1) is 98.7. The fourth-order valence-corrected chi connectivity index (χ4v) is 12.4. The Morgan fingerprint density at radius 2 is 0.515 bits per heavy atom. The van der Waals surface area contributed by atoms with Crippen molar-refractivity contribution in [3.05, 3.63) is 134 Å². The quantitative estimate of drug-likeness (QED) is 0.0146. The van der Waals surface area contributed by atoms with Gasteiger partial charge in [-0.25, -0.2) is 9.13 Å². The van der Waals surface area contributed by atoms with E-state index in [0.29, 0.717) is 19.3 Å². The van der Waals surface area contributed by atoms with Crippen LogP contribution in [0.1, 0.15) is 329 Å². The Balaban J connectivity index is 4.36. The van der Waals surface area contributed by atoms with E-state index >= 15 is 0 Å². The Hall–Kier alpha value is -4.31. The maximum absolute atomic E-state index is 12.9. The largest absolute Gasteiger partial charge is 0.472 e. The predicted molar refractivity (Wildman–Crippen MR) is 426 cm³/mol. The number of rotatable bonds is 76. The molecule has 0 aliphatic rings. The molecule has 592 valence electrons. The fourth-order valence-electron chi connectivity index (χ4n) is 10.8. The minimum Gasteiger partial charge on any atom is -0.463 e. The van der Waals surface area contributed by atoms with Gasteiger partial charge in [-0.3, -0.25) is 32.5 Å². The highest BCUT2D eigenvalue weighted by Gasteiger charge is 2.29. The van der Waals surface area contributed by atoms with Crippen LogP contribution in [0.3, 0.4) is 0 Å². The number of ether oxygens (including phenoxy) is 3. The predicted octanol–water partition coefficient (Wildman–Crippen LogP) is 23.9. The number of carbonyl (C=O) groups is 3. The van der Waals surface area contributed by atoms with Gasteiger partial charge < -0.3 is 34.2 Å². The highest BCUT2D eigenvalue weighted by molar-refractivity contribution is 7.47. The Bertz CT molecular complexity index is 2410. The molecule has 0 aliphatic carbocycles. The summed E-state index contributed by atoms with van der Waals surface area (Å²) < 4.78 is 61.0. The van der Waals surface area contributed by atoms with Crippen molar-refractivity contribution >= 4 is 33.6 Å². The summed E-state index contributed by atoms with van der Waals surface area (Å²) in [5, 5.41) is 20.6. The van der Waals surface area contributed by atoms with E-state index in [2.05, 4.69) is 154 Å². The first-order valence-electron chi connectivity index (χ1n) is 40.5. The van der Waals surface area contributed by atoms with E-state index in [-0.39, 0.29) is 19.3 Å². The second-order valence-corrected chi connectivity index (χ2v) is 29.7. The van der Waals surface area contributed by atoms with E-state index in [4.69, 9.17) is 32.3 Å². The van der Waals surface area contributed by atoms with Crippen molar-refractivity contribution in [1.29, 1.82) is 0 Å². The van der Waals surface area contributed by atoms with Crippen molar-refractivity contribution in [3.8, 4) is 0 Å². The molecule has 0 aromatic carbocycles. The molecule has 5 atom stereocenters. The number of aliphatic hydroxyl groups is 2. The maximum Gasteiger partial charge on any atom is 0.472 e. The zero-order valence-electron chi connectivity index (χ0n) is 64.7. The van der Waals surface area contributed by atoms with E-state index in [1.807, 2.05) is 0 Å². The normalized spacial score (nSPS) is 14.7. The summed E-state index contributed by atoms with van der Waals surface area (Å²) in [6.07, 6.45) is 94.0. The molecule has 0 spiro atoms. The third kappa shape index (κ3) is 78.6. The molecule has 5 unspecified atom stereocenters. The number of unbranched alkanes of at least 4 members (excludes halogenated alkanes) is 31. The molecule has 0 saturated heterocycles. The van der Waals surface area contributed by atoms with Gasteiger partial charge in [0.2, 0.25) is 0 Å².